The van der Waals surface area contributed by atoms with Crippen molar-refractivity contribution in [3.05, 3.63) is 45.4 Å². The van der Waals surface area contributed by atoms with E-state index in [4.69, 9.17) is 30.5 Å². The van der Waals surface area contributed by atoms with E-state index in [1.807, 2.05) is 0 Å². The quantitative estimate of drug-likeness (QED) is 0.704. The third-order valence-electron chi connectivity index (χ3n) is 3.94. The lowest BCUT2D eigenvalue weighted by Gasteiger charge is -2.20. The predicted molar refractivity (Wildman–Crippen MR) is 105 cm³/mol. The zero-order valence-corrected chi connectivity index (χ0v) is 16.4. The van der Waals surface area contributed by atoms with Gasteiger partial charge < -0.3 is 24.3 Å². The molecule has 0 aliphatic carbocycles. The standard InChI is InChI=1S/C19H15BrClNO5/c20-12-9-15-16(25-4-3-24-15)10-14(12)22-18(23)2-1-11-7-13(21)19-17(8-11)26-5-6-27-19/h1-2,7-10H,3-6H2,(H,22,23)/b2-1+. The van der Waals surface area contributed by atoms with Crippen LogP contribution >= 0.6 is 27.5 Å². The zero-order valence-electron chi connectivity index (χ0n) is 14.1. The number of ether oxygens (including phenoxy) is 4. The van der Waals surface area contributed by atoms with Crippen LogP contribution in [0.5, 0.6) is 23.0 Å². The van der Waals surface area contributed by atoms with Gasteiger partial charge in [0.2, 0.25) is 5.91 Å². The molecule has 0 bridgehead atoms. The summed E-state index contributed by atoms with van der Waals surface area (Å²) in [7, 11) is 0. The Morgan fingerprint density at radius 3 is 2.41 bits per heavy atom. The predicted octanol–water partition coefficient (Wildman–Crippen LogP) is 4.30. The van der Waals surface area contributed by atoms with Gasteiger partial charge in [0.1, 0.15) is 26.4 Å². The first-order chi connectivity index (χ1) is 13.1. The highest BCUT2D eigenvalue weighted by molar-refractivity contribution is 9.10. The summed E-state index contributed by atoms with van der Waals surface area (Å²) in [5, 5.41) is 3.26. The van der Waals surface area contributed by atoms with Gasteiger partial charge in [0.15, 0.2) is 23.0 Å². The summed E-state index contributed by atoms with van der Waals surface area (Å²) in [6, 6.07) is 7.00. The molecule has 140 valence electrons. The van der Waals surface area contributed by atoms with Crippen LogP contribution in [0.1, 0.15) is 5.56 Å². The van der Waals surface area contributed by atoms with Gasteiger partial charge in [-0.25, -0.2) is 0 Å². The first-order valence-corrected chi connectivity index (χ1v) is 9.44. The van der Waals surface area contributed by atoms with Crippen LogP contribution in [0.25, 0.3) is 6.08 Å². The van der Waals surface area contributed by atoms with E-state index in [9.17, 15) is 4.79 Å². The van der Waals surface area contributed by atoms with Gasteiger partial charge >= 0.3 is 0 Å². The van der Waals surface area contributed by atoms with E-state index >= 15 is 0 Å². The third kappa shape index (κ3) is 3.99. The SMILES string of the molecule is O=C(/C=C/c1cc(Cl)c2c(c1)OCCO2)Nc1cc2c(cc1Br)OCCO2. The van der Waals surface area contributed by atoms with Crippen molar-refractivity contribution in [1.29, 1.82) is 0 Å². The van der Waals surface area contributed by atoms with Crippen LogP contribution in [-0.2, 0) is 4.79 Å². The maximum atomic E-state index is 12.3. The average molecular weight is 453 g/mol. The maximum absolute atomic E-state index is 12.3. The summed E-state index contributed by atoms with van der Waals surface area (Å²) in [6.45, 7) is 1.92. The van der Waals surface area contributed by atoms with Crippen molar-refractivity contribution in [1.82, 2.24) is 0 Å². The number of hydrogen-bond donors (Lipinski definition) is 1. The molecule has 0 unspecified atom stereocenters. The van der Waals surface area contributed by atoms with E-state index in [-0.39, 0.29) is 5.91 Å². The van der Waals surface area contributed by atoms with Crippen molar-refractivity contribution in [3.8, 4) is 23.0 Å². The third-order valence-corrected chi connectivity index (χ3v) is 4.87. The molecule has 6 nitrogen and oxygen atoms in total. The summed E-state index contributed by atoms with van der Waals surface area (Å²) in [5.41, 5.74) is 1.33. The topological polar surface area (TPSA) is 66.0 Å². The van der Waals surface area contributed by atoms with Gasteiger partial charge in [0.25, 0.3) is 0 Å². The molecule has 0 saturated heterocycles. The molecule has 27 heavy (non-hydrogen) atoms. The Balaban J connectivity index is 1.49. The summed E-state index contributed by atoms with van der Waals surface area (Å²) in [5.74, 6) is 2.06. The Kier molecular flexibility index (Phi) is 5.13. The fraction of sp³-hybridized carbons (Fsp3) is 0.211. The van der Waals surface area contributed by atoms with Crippen LogP contribution in [0.4, 0.5) is 5.69 Å². The lowest BCUT2D eigenvalue weighted by Crippen LogP contribution is -2.16. The number of fused-ring (bicyclic) bond motifs is 2. The molecule has 0 radical (unpaired) electrons. The maximum Gasteiger partial charge on any atom is 0.248 e. The van der Waals surface area contributed by atoms with Crippen LogP contribution in [0, 0.1) is 0 Å². The molecule has 2 aromatic carbocycles. The molecule has 1 amide bonds. The van der Waals surface area contributed by atoms with Crippen LogP contribution in [0.3, 0.4) is 0 Å². The molecular formula is C19H15BrClNO5. The fourth-order valence-corrected chi connectivity index (χ4v) is 3.43. The van der Waals surface area contributed by atoms with Crippen LogP contribution < -0.4 is 24.3 Å². The Hall–Kier alpha value is -2.38. The van der Waals surface area contributed by atoms with Gasteiger partial charge in [-0.15, -0.1) is 0 Å². The minimum absolute atomic E-state index is 0.293. The Morgan fingerprint density at radius 2 is 1.63 bits per heavy atom. The second-order valence-corrected chi connectivity index (χ2v) is 7.09. The molecule has 0 fully saturated rings. The second kappa shape index (κ2) is 7.70. The fourth-order valence-electron chi connectivity index (χ4n) is 2.73. The Bertz CT molecular complexity index is 931. The van der Waals surface area contributed by atoms with E-state index in [0.29, 0.717) is 64.6 Å². The van der Waals surface area contributed by atoms with E-state index < -0.39 is 0 Å². The summed E-state index contributed by atoms with van der Waals surface area (Å²) >= 11 is 9.64. The van der Waals surface area contributed by atoms with Gasteiger partial charge in [0, 0.05) is 22.7 Å². The molecule has 0 atom stereocenters. The molecule has 2 heterocycles. The smallest absolute Gasteiger partial charge is 0.248 e. The van der Waals surface area contributed by atoms with Gasteiger partial charge in [-0.05, 0) is 39.7 Å². The number of rotatable bonds is 3. The Labute approximate surface area is 169 Å². The number of carbonyl (C=O) groups is 1. The number of halogens is 2. The van der Waals surface area contributed by atoms with Crippen LogP contribution in [-0.4, -0.2) is 32.3 Å². The number of anilines is 1. The number of carbonyl (C=O) groups excluding carboxylic acids is 1. The lowest BCUT2D eigenvalue weighted by molar-refractivity contribution is -0.111. The first kappa shape index (κ1) is 18.0. The van der Waals surface area contributed by atoms with Crippen LogP contribution in [0.2, 0.25) is 5.02 Å². The number of hydrogen-bond acceptors (Lipinski definition) is 5. The van der Waals surface area contributed by atoms with E-state index in [0.717, 1.165) is 5.56 Å². The first-order valence-electron chi connectivity index (χ1n) is 8.27. The molecule has 8 heteroatoms. The highest BCUT2D eigenvalue weighted by atomic mass is 79.9. The Morgan fingerprint density at radius 1 is 0.963 bits per heavy atom. The van der Waals surface area contributed by atoms with E-state index in [1.165, 1.54) is 6.08 Å². The average Bonchev–Trinajstić information content (AvgIpc) is 2.67. The molecule has 0 spiro atoms. The van der Waals surface area contributed by atoms with Crippen LogP contribution in [0.15, 0.2) is 34.8 Å². The molecule has 2 aliphatic heterocycles. The van der Waals surface area contributed by atoms with Crippen molar-refractivity contribution >= 4 is 45.2 Å². The number of nitrogens with one attached hydrogen (secondary N) is 1. The zero-order chi connectivity index (χ0) is 18.8. The molecule has 1 N–H and O–H groups in total. The molecular weight excluding hydrogens is 438 g/mol. The van der Waals surface area contributed by atoms with Gasteiger partial charge in [-0.2, -0.15) is 0 Å². The molecule has 2 aliphatic rings. The van der Waals surface area contributed by atoms with Gasteiger partial charge in [-0.1, -0.05) is 11.6 Å². The highest BCUT2D eigenvalue weighted by Gasteiger charge is 2.17. The second-order valence-electron chi connectivity index (χ2n) is 5.83. The van der Waals surface area contributed by atoms with Gasteiger partial charge in [0.05, 0.1) is 10.7 Å². The van der Waals surface area contributed by atoms with E-state index in [2.05, 4.69) is 21.2 Å². The molecule has 0 aromatic heterocycles. The monoisotopic (exact) mass is 451 g/mol. The summed E-state index contributed by atoms with van der Waals surface area (Å²) < 4.78 is 22.8. The highest BCUT2D eigenvalue weighted by Crippen LogP contribution is 2.39. The molecule has 4 rings (SSSR count). The summed E-state index contributed by atoms with van der Waals surface area (Å²) in [4.78, 5) is 12.3. The molecule has 2 aromatic rings. The number of amides is 1. The van der Waals surface area contributed by atoms with Crippen molar-refractivity contribution < 1.29 is 23.7 Å². The lowest BCUT2D eigenvalue weighted by atomic mass is 10.1. The minimum atomic E-state index is -0.293. The van der Waals surface area contributed by atoms with Gasteiger partial charge in [-0.3, -0.25) is 4.79 Å². The normalized spacial score (nSPS) is 14.9. The van der Waals surface area contributed by atoms with Crippen molar-refractivity contribution in [2.45, 2.75) is 0 Å². The van der Waals surface area contributed by atoms with Crippen molar-refractivity contribution in [2.75, 3.05) is 31.7 Å². The van der Waals surface area contributed by atoms with E-state index in [1.54, 1.807) is 30.3 Å². The minimum Gasteiger partial charge on any atom is -0.486 e. The summed E-state index contributed by atoms with van der Waals surface area (Å²) in [6.07, 6.45) is 3.08. The van der Waals surface area contributed by atoms with Crippen molar-refractivity contribution in [2.24, 2.45) is 0 Å². The molecule has 0 saturated carbocycles. The van der Waals surface area contributed by atoms with Crippen molar-refractivity contribution in [3.63, 3.8) is 0 Å². The number of benzene rings is 2. The largest absolute Gasteiger partial charge is 0.486 e.